The normalized spacial score (nSPS) is 18.7. The first-order chi connectivity index (χ1) is 9.84. The zero-order valence-corrected chi connectivity index (χ0v) is 12.2. The Balaban J connectivity index is 1.47. The largest absolute Gasteiger partial charge is 0.379 e. The lowest BCUT2D eigenvalue weighted by Gasteiger charge is -2.09. The van der Waals surface area contributed by atoms with Gasteiger partial charge in [-0.25, -0.2) is 4.98 Å². The van der Waals surface area contributed by atoms with Gasteiger partial charge in [0.1, 0.15) is 0 Å². The van der Waals surface area contributed by atoms with E-state index in [0.717, 1.165) is 31.6 Å². The highest BCUT2D eigenvalue weighted by atomic mass is 32.1. The van der Waals surface area contributed by atoms with Crippen LogP contribution in [0.25, 0.3) is 6.08 Å². The van der Waals surface area contributed by atoms with Crippen LogP contribution < -0.4 is 5.32 Å². The summed E-state index contributed by atoms with van der Waals surface area (Å²) < 4.78 is 11.0. The standard InChI is InChI=1S/C14H20N2O3S/c17-14(5-4-12-10-20-11-16-12)15-6-2-7-18-9-13-3-1-8-19-13/h4-5,10-11,13H,1-3,6-9H2,(H,15,17)/b5-4-/t13-/m0/s1. The summed E-state index contributed by atoms with van der Waals surface area (Å²) in [5.41, 5.74) is 2.55. The van der Waals surface area contributed by atoms with Gasteiger partial charge < -0.3 is 14.8 Å². The minimum Gasteiger partial charge on any atom is -0.379 e. The molecule has 2 rings (SSSR count). The van der Waals surface area contributed by atoms with Crippen molar-refractivity contribution < 1.29 is 14.3 Å². The molecule has 5 nitrogen and oxygen atoms in total. The maximum absolute atomic E-state index is 11.5. The quantitative estimate of drug-likeness (QED) is 0.587. The third kappa shape index (κ3) is 5.81. The van der Waals surface area contributed by atoms with Crippen LogP contribution in [0.5, 0.6) is 0 Å². The van der Waals surface area contributed by atoms with E-state index in [0.29, 0.717) is 19.8 Å². The van der Waals surface area contributed by atoms with Crippen LogP contribution in [-0.2, 0) is 14.3 Å². The molecule has 1 atom stereocenters. The second-order valence-corrected chi connectivity index (χ2v) is 5.32. The zero-order valence-electron chi connectivity index (χ0n) is 11.4. The van der Waals surface area contributed by atoms with Gasteiger partial charge in [-0.1, -0.05) is 0 Å². The molecule has 0 spiro atoms. The molecule has 1 aromatic rings. The van der Waals surface area contributed by atoms with Crippen molar-refractivity contribution in [1.29, 1.82) is 0 Å². The molecular formula is C14H20N2O3S. The van der Waals surface area contributed by atoms with Crippen molar-refractivity contribution in [2.45, 2.75) is 25.4 Å². The third-order valence-electron chi connectivity index (χ3n) is 2.95. The number of hydrogen-bond acceptors (Lipinski definition) is 5. The van der Waals surface area contributed by atoms with Crippen molar-refractivity contribution >= 4 is 23.3 Å². The van der Waals surface area contributed by atoms with Gasteiger partial charge in [0, 0.05) is 31.2 Å². The maximum atomic E-state index is 11.5. The Morgan fingerprint density at radius 1 is 1.65 bits per heavy atom. The minimum absolute atomic E-state index is 0.0999. The van der Waals surface area contributed by atoms with Crippen LogP contribution in [0, 0.1) is 0 Å². The topological polar surface area (TPSA) is 60.5 Å². The molecule has 110 valence electrons. The number of carbonyl (C=O) groups excluding carboxylic acids is 1. The van der Waals surface area contributed by atoms with E-state index in [1.807, 2.05) is 5.38 Å². The molecule has 1 fully saturated rings. The van der Waals surface area contributed by atoms with E-state index in [4.69, 9.17) is 9.47 Å². The average molecular weight is 296 g/mol. The third-order valence-corrected chi connectivity index (χ3v) is 3.55. The molecule has 1 aromatic heterocycles. The maximum Gasteiger partial charge on any atom is 0.244 e. The number of nitrogens with zero attached hydrogens (tertiary/aromatic N) is 1. The van der Waals surface area contributed by atoms with Crippen molar-refractivity contribution in [3.8, 4) is 0 Å². The lowest BCUT2D eigenvalue weighted by molar-refractivity contribution is -0.116. The Bertz CT molecular complexity index is 414. The average Bonchev–Trinajstić information content (AvgIpc) is 3.13. The molecule has 1 saturated heterocycles. The molecule has 1 amide bonds. The van der Waals surface area contributed by atoms with Gasteiger partial charge in [-0.3, -0.25) is 4.79 Å². The summed E-state index contributed by atoms with van der Waals surface area (Å²) in [6.07, 6.45) is 6.52. The summed E-state index contributed by atoms with van der Waals surface area (Å²) in [5, 5.41) is 4.70. The number of carbonyl (C=O) groups is 1. The molecule has 20 heavy (non-hydrogen) atoms. The van der Waals surface area contributed by atoms with Gasteiger partial charge in [0.15, 0.2) is 0 Å². The Kier molecular flexibility index (Phi) is 6.70. The summed E-state index contributed by atoms with van der Waals surface area (Å²) in [6, 6.07) is 0. The van der Waals surface area contributed by atoms with E-state index in [9.17, 15) is 4.79 Å². The summed E-state index contributed by atoms with van der Waals surface area (Å²) in [6.45, 7) is 2.79. The highest BCUT2D eigenvalue weighted by Gasteiger charge is 2.14. The fourth-order valence-corrected chi connectivity index (χ4v) is 2.42. The van der Waals surface area contributed by atoms with Gasteiger partial charge in [-0.05, 0) is 25.3 Å². The van der Waals surface area contributed by atoms with Gasteiger partial charge in [0.05, 0.1) is 23.9 Å². The monoisotopic (exact) mass is 296 g/mol. The van der Waals surface area contributed by atoms with Gasteiger partial charge in [-0.2, -0.15) is 0 Å². The Morgan fingerprint density at radius 3 is 3.35 bits per heavy atom. The number of aromatic nitrogens is 1. The van der Waals surface area contributed by atoms with E-state index < -0.39 is 0 Å². The SMILES string of the molecule is O=C(/C=C\c1cscn1)NCCCOC[C@@H]1CCCO1. The van der Waals surface area contributed by atoms with Gasteiger partial charge in [0.2, 0.25) is 5.91 Å². The summed E-state index contributed by atoms with van der Waals surface area (Å²) in [7, 11) is 0. The molecule has 6 heteroatoms. The first-order valence-corrected chi connectivity index (χ1v) is 7.82. The summed E-state index contributed by atoms with van der Waals surface area (Å²) in [5.74, 6) is -0.0999. The van der Waals surface area contributed by atoms with Gasteiger partial charge >= 0.3 is 0 Å². The number of ether oxygens (including phenoxy) is 2. The number of thiazole rings is 1. The molecule has 0 aliphatic carbocycles. The smallest absolute Gasteiger partial charge is 0.244 e. The van der Waals surface area contributed by atoms with Crippen LogP contribution in [0.15, 0.2) is 17.0 Å². The number of nitrogens with one attached hydrogen (secondary N) is 1. The van der Waals surface area contributed by atoms with Crippen LogP contribution in [-0.4, -0.2) is 43.4 Å². The first-order valence-electron chi connectivity index (χ1n) is 6.88. The lowest BCUT2D eigenvalue weighted by atomic mass is 10.2. The van der Waals surface area contributed by atoms with Gasteiger partial charge in [-0.15, -0.1) is 11.3 Å². The van der Waals surface area contributed by atoms with E-state index in [-0.39, 0.29) is 12.0 Å². The molecule has 0 unspecified atom stereocenters. The number of hydrogen-bond donors (Lipinski definition) is 1. The van der Waals surface area contributed by atoms with Gasteiger partial charge in [0.25, 0.3) is 0 Å². The van der Waals surface area contributed by atoms with Crippen LogP contribution in [0.3, 0.4) is 0 Å². The van der Waals surface area contributed by atoms with E-state index in [1.54, 1.807) is 11.6 Å². The zero-order chi connectivity index (χ0) is 14.0. The fraction of sp³-hybridized carbons (Fsp3) is 0.571. The van der Waals surface area contributed by atoms with Crippen molar-refractivity contribution in [3.05, 3.63) is 22.7 Å². The minimum atomic E-state index is -0.0999. The number of rotatable bonds is 8. The van der Waals surface area contributed by atoms with Crippen LogP contribution in [0.4, 0.5) is 0 Å². The molecule has 0 bridgehead atoms. The summed E-state index contributed by atoms with van der Waals surface area (Å²) in [4.78, 5) is 15.6. The van der Waals surface area contributed by atoms with Crippen molar-refractivity contribution in [1.82, 2.24) is 10.3 Å². The van der Waals surface area contributed by atoms with Crippen molar-refractivity contribution in [3.63, 3.8) is 0 Å². The first kappa shape index (κ1) is 15.2. The highest BCUT2D eigenvalue weighted by Crippen LogP contribution is 2.11. The Hall–Kier alpha value is -1.24. The van der Waals surface area contributed by atoms with Crippen LogP contribution in [0.2, 0.25) is 0 Å². The Morgan fingerprint density at radius 2 is 2.60 bits per heavy atom. The molecule has 1 aliphatic heterocycles. The molecule has 0 radical (unpaired) electrons. The second kappa shape index (κ2) is 8.84. The van der Waals surface area contributed by atoms with E-state index in [2.05, 4.69) is 10.3 Å². The molecule has 0 saturated carbocycles. The van der Waals surface area contributed by atoms with E-state index in [1.165, 1.54) is 17.4 Å². The molecule has 2 heterocycles. The second-order valence-electron chi connectivity index (χ2n) is 4.60. The van der Waals surface area contributed by atoms with Crippen molar-refractivity contribution in [2.24, 2.45) is 0 Å². The van der Waals surface area contributed by atoms with Crippen LogP contribution in [0.1, 0.15) is 25.0 Å². The predicted octanol–water partition coefficient (Wildman–Crippen LogP) is 1.86. The Labute approximate surface area is 123 Å². The molecular weight excluding hydrogens is 276 g/mol. The number of amides is 1. The summed E-state index contributed by atoms with van der Waals surface area (Å²) >= 11 is 1.51. The predicted molar refractivity (Wildman–Crippen MR) is 78.6 cm³/mol. The van der Waals surface area contributed by atoms with Crippen LogP contribution >= 0.6 is 11.3 Å². The molecule has 1 aliphatic rings. The van der Waals surface area contributed by atoms with E-state index >= 15 is 0 Å². The fourth-order valence-electron chi connectivity index (χ4n) is 1.90. The molecule has 1 N–H and O–H groups in total. The highest BCUT2D eigenvalue weighted by molar-refractivity contribution is 7.07. The molecule has 0 aromatic carbocycles. The lowest BCUT2D eigenvalue weighted by Crippen LogP contribution is -2.23. The van der Waals surface area contributed by atoms with Crippen molar-refractivity contribution in [2.75, 3.05) is 26.4 Å².